The number of rotatable bonds is 8. The second kappa shape index (κ2) is 10.7. The molecule has 1 amide bonds. The van der Waals surface area contributed by atoms with Crippen LogP contribution in [0.1, 0.15) is 35.6 Å². The van der Waals surface area contributed by atoms with Gasteiger partial charge >= 0.3 is 0 Å². The van der Waals surface area contributed by atoms with Crippen molar-refractivity contribution in [1.29, 1.82) is 0 Å². The molecule has 0 spiro atoms. The number of primary amides is 1. The van der Waals surface area contributed by atoms with Crippen molar-refractivity contribution in [2.75, 3.05) is 12.4 Å². The number of ether oxygens (including phenoxy) is 1. The predicted octanol–water partition coefficient (Wildman–Crippen LogP) is 5.87. The molecule has 0 saturated carbocycles. The van der Waals surface area contributed by atoms with E-state index in [1.165, 1.54) is 43.8 Å². The number of pyridine rings is 2. The lowest BCUT2D eigenvalue weighted by Crippen LogP contribution is -2.24. The highest BCUT2D eigenvalue weighted by Crippen LogP contribution is 2.37. The van der Waals surface area contributed by atoms with E-state index in [-0.39, 0.29) is 22.6 Å². The fourth-order valence-electron chi connectivity index (χ4n) is 3.96. The smallest absolute Gasteiger partial charge is 0.229 e. The number of hydrogen-bond donors (Lipinski definition) is 2. The van der Waals surface area contributed by atoms with Gasteiger partial charge < -0.3 is 15.8 Å². The summed E-state index contributed by atoms with van der Waals surface area (Å²) in [4.78, 5) is 20.8. The molecule has 0 aliphatic heterocycles. The Morgan fingerprint density at radius 3 is 2.31 bits per heavy atom. The standard InChI is InChI=1S/C27H23ClF2N4O2/c1-15(16-3-7-19(29)8-4-16)34-23-12-20(17-6-10-25(36-2)33-13-17)22(30)11-21(23)26(27(31)35)18-5-9-24(28)32-14-18/h3-15,26,34H,1-2H3,(H2,31,35). The molecule has 0 aliphatic rings. The molecule has 3 N–H and O–H groups in total. The minimum atomic E-state index is -1.00. The van der Waals surface area contributed by atoms with Gasteiger partial charge in [0.1, 0.15) is 16.8 Å². The number of nitrogens with one attached hydrogen (secondary N) is 1. The number of hydrogen-bond acceptors (Lipinski definition) is 5. The van der Waals surface area contributed by atoms with Gasteiger partial charge in [-0.3, -0.25) is 4.79 Å². The Labute approximate surface area is 212 Å². The van der Waals surface area contributed by atoms with E-state index in [4.69, 9.17) is 22.1 Å². The van der Waals surface area contributed by atoms with E-state index in [1.807, 2.05) is 6.92 Å². The number of methoxy groups -OCH3 is 1. The van der Waals surface area contributed by atoms with Gasteiger partial charge in [0.2, 0.25) is 11.8 Å². The molecule has 6 nitrogen and oxygen atoms in total. The number of carbonyl (C=O) groups is 1. The third kappa shape index (κ3) is 5.44. The molecule has 4 aromatic rings. The SMILES string of the molecule is COc1ccc(-c2cc(NC(C)c3ccc(F)cc3)c(C(C(N)=O)c3ccc(Cl)nc3)cc2F)cn1. The average Bonchev–Trinajstić information content (AvgIpc) is 2.87. The molecular weight excluding hydrogens is 486 g/mol. The Morgan fingerprint density at radius 2 is 1.72 bits per heavy atom. The van der Waals surface area contributed by atoms with Crippen molar-refractivity contribution in [1.82, 2.24) is 9.97 Å². The van der Waals surface area contributed by atoms with E-state index in [0.717, 1.165) is 5.56 Å². The van der Waals surface area contributed by atoms with Crippen LogP contribution in [-0.2, 0) is 4.79 Å². The zero-order chi connectivity index (χ0) is 25.8. The number of halogens is 3. The molecule has 2 aromatic carbocycles. The van der Waals surface area contributed by atoms with Gasteiger partial charge in [0.15, 0.2) is 0 Å². The molecule has 2 heterocycles. The van der Waals surface area contributed by atoms with Gasteiger partial charge in [-0.1, -0.05) is 29.8 Å². The van der Waals surface area contributed by atoms with Crippen molar-refractivity contribution >= 4 is 23.2 Å². The summed E-state index contributed by atoms with van der Waals surface area (Å²) in [5.74, 6) is -2.22. The monoisotopic (exact) mass is 508 g/mol. The zero-order valence-corrected chi connectivity index (χ0v) is 20.3. The van der Waals surface area contributed by atoms with E-state index in [2.05, 4.69) is 15.3 Å². The van der Waals surface area contributed by atoms with Crippen LogP contribution >= 0.6 is 11.6 Å². The quantitative estimate of drug-likeness (QED) is 0.290. The first-order chi connectivity index (χ1) is 17.3. The molecular formula is C27H23ClF2N4O2. The van der Waals surface area contributed by atoms with Crippen LogP contribution in [0.5, 0.6) is 5.88 Å². The first kappa shape index (κ1) is 25.1. The second-order valence-corrected chi connectivity index (χ2v) is 8.56. The topological polar surface area (TPSA) is 90.1 Å². The van der Waals surface area contributed by atoms with E-state index in [1.54, 1.807) is 36.4 Å². The maximum Gasteiger partial charge on any atom is 0.229 e. The van der Waals surface area contributed by atoms with Crippen molar-refractivity contribution in [2.45, 2.75) is 18.9 Å². The highest BCUT2D eigenvalue weighted by molar-refractivity contribution is 6.29. The summed E-state index contributed by atoms with van der Waals surface area (Å²) in [6.45, 7) is 1.87. The molecule has 2 aromatic heterocycles. The molecule has 0 fully saturated rings. The van der Waals surface area contributed by atoms with Crippen molar-refractivity contribution in [3.8, 4) is 17.0 Å². The van der Waals surface area contributed by atoms with Crippen LogP contribution in [0.15, 0.2) is 73.1 Å². The van der Waals surface area contributed by atoms with Crippen LogP contribution in [0.3, 0.4) is 0 Å². The van der Waals surface area contributed by atoms with Gasteiger partial charge in [0.05, 0.1) is 13.0 Å². The lowest BCUT2D eigenvalue weighted by Gasteiger charge is -2.24. The summed E-state index contributed by atoms with van der Waals surface area (Å²) >= 11 is 5.92. The minimum Gasteiger partial charge on any atom is -0.481 e. The highest BCUT2D eigenvalue weighted by Gasteiger charge is 2.26. The van der Waals surface area contributed by atoms with Crippen LogP contribution in [0.25, 0.3) is 11.1 Å². The first-order valence-corrected chi connectivity index (χ1v) is 11.4. The van der Waals surface area contributed by atoms with Crippen molar-refractivity contribution in [3.63, 3.8) is 0 Å². The second-order valence-electron chi connectivity index (χ2n) is 8.18. The Kier molecular flexibility index (Phi) is 7.45. The third-order valence-electron chi connectivity index (χ3n) is 5.82. The van der Waals surface area contributed by atoms with E-state index >= 15 is 4.39 Å². The molecule has 4 rings (SSSR count). The number of carbonyl (C=O) groups excluding carboxylic acids is 1. The van der Waals surface area contributed by atoms with Gasteiger partial charge in [-0.05, 0) is 60.0 Å². The lowest BCUT2D eigenvalue weighted by atomic mass is 9.88. The summed E-state index contributed by atoms with van der Waals surface area (Å²) < 4.78 is 34.0. The molecule has 2 atom stereocenters. The Hall–Kier alpha value is -4.04. The van der Waals surface area contributed by atoms with E-state index in [9.17, 15) is 9.18 Å². The van der Waals surface area contributed by atoms with Gasteiger partial charge in [0.25, 0.3) is 0 Å². The molecule has 9 heteroatoms. The minimum absolute atomic E-state index is 0.249. The molecule has 0 radical (unpaired) electrons. The van der Waals surface area contributed by atoms with Crippen molar-refractivity contribution in [3.05, 3.63) is 107 Å². The zero-order valence-electron chi connectivity index (χ0n) is 19.5. The first-order valence-electron chi connectivity index (χ1n) is 11.0. The summed E-state index contributed by atoms with van der Waals surface area (Å²) in [5.41, 5.74) is 8.61. The molecule has 36 heavy (non-hydrogen) atoms. The summed E-state index contributed by atoms with van der Waals surface area (Å²) in [6, 6.07) is 15.1. The van der Waals surface area contributed by atoms with Crippen molar-refractivity contribution in [2.24, 2.45) is 5.73 Å². The Morgan fingerprint density at radius 1 is 1.00 bits per heavy atom. The number of anilines is 1. The fourth-order valence-corrected chi connectivity index (χ4v) is 4.07. The number of amides is 1. The van der Waals surface area contributed by atoms with Gasteiger partial charge in [-0.25, -0.2) is 18.7 Å². The number of aromatic nitrogens is 2. The molecule has 0 bridgehead atoms. The normalized spacial score (nSPS) is 12.6. The van der Waals surface area contributed by atoms with Crippen LogP contribution in [0.2, 0.25) is 5.15 Å². The highest BCUT2D eigenvalue weighted by atomic mass is 35.5. The van der Waals surface area contributed by atoms with E-state index < -0.39 is 17.6 Å². The predicted molar refractivity (Wildman–Crippen MR) is 135 cm³/mol. The summed E-state index contributed by atoms with van der Waals surface area (Å²) in [7, 11) is 1.49. The van der Waals surface area contributed by atoms with Crippen molar-refractivity contribution < 1.29 is 18.3 Å². The fraction of sp³-hybridized carbons (Fsp3) is 0.148. The van der Waals surface area contributed by atoms with Crippen LogP contribution in [0.4, 0.5) is 14.5 Å². The molecule has 0 saturated heterocycles. The third-order valence-corrected chi connectivity index (χ3v) is 6.04. The van der Waals surface area contributed by atoms with Crippen LogP contribution in [0, 0.1) is 11.6 Å². The number of nitrogens with two attached hydrogens (primary N) is 1. The Bertz CT molecular complexity index is 1360. The van der Waals surface area contributed by atoms with Gasteiger partial charge in [-0.2, -0.15) is 0 Å². The van der Waals surface area contributed by atoms with E-state index in [0.29, 0.717) is 28.3 Å². The Balaban J connectivity index is 1.84. The number of benzene rings is 2. The molecule has 0 aliphatic carbocycles. The lowest BCUT2D eigenvalue weighted by molar-refractivity contribution is -0.118. The number of nitrogens with zero attached hydrogens (tertiary/aromatic N) is 2. The van der Waals surface area contributed by atoms with Crippen LogP contribution in [-0.4, -0.2) is 23.0 Å². The average molecular weight is 509 g/mol. The largest absolute Gasteiger partial charge is 0.481 e. The summed E-state index contributed by atoms with van der Waals surface area (Å²) in [5, 5.41) is 3.58. The maximum atomic E-state index is 15.5. The summed E-state index contributed by atoms with van der Waals surface area (Å²) in [6.07, 6.45) is 2.93. The van der Waals surface area contributed by atoms with Crippen LogP contribution < -0.4 is 15.8 Å². The molecule has 2 unspecified atom stereocenters. The maximum absolute atomic E-state index is 15.5. The van der Waals surface area contributed by atoms with Gasteiger partial charge in [-0.15, -0.1) is 0 Å². The molecule has 184 valence electrons. The van der Waals surface area contributed by atoms with Gasteiger partial charge in [0, 0.05) is 41.3 Å².